The van der Waals surface area contributed by atoms with Crippen molar-refractivity contribution in [2.24, 2.45) is 0 Å². The van der Waals surface area contributed by atoms with Crippen LogP contribution in [0.25, 0.3) is 0 Å². The number of likely N-dealkylation sites (tertiary alicyclic amines) is 1. The number of amides is 1. The first-order valence-corrected chi connectivity index (χ1v) is 5.82. The van der Waals surface area contributed by atoms with Crippen LogP contribution in [0.1, 0.15) is 12.8 Å². The van der Waals surface area contributed by atoms with Crippen molar-refractivity contribution in [3.05, 3.63) is 40.4 Å². The van der Waals surface area contributed by atoms with E-state index in [2.05, 4.69) is 0 Å². The van der Waals surface area contributed by atoms with Crippen molar-refractivity contribution in [2.75, 3.05) is 13.1 Å². The van der Waals surface area contributed by atoms with Crippen LogP contribution < -0.4 is 4.74 Å². The largest absolute Gasteiger partial charge is 0.415 e. The zero-order valence-electron chi connectivity index (χ0n) is 9.82. The lowest BCUT2D eigenvalue weighted by atomic mass is 10.1. The fourth-order valence-corrected chi connectivity index (χ4v) is 1.91. The van der Waals surface area contributed by atoms with E-state index in [0.717, 1.165) is 0 Å². The number of benzene rings is 1. The summed E-state index contributed by atoms with van der Waals surface area (Å²) in [5.74, 6) is 0.485. The van der Waals surface area contributed by atoms with Gasteiger partial charge in [-0.1, -0.05) is 18.2 Å². The predicted molar refractivity (Wildman–Crippen MR) is 64.1 cm³/mol. The molecule has 0 atom stereocenters. The Labute approximate surface area is 104 Å². The van der Waals surface area contributed by atoms with E-state index < -0.39 is 12.1 Å². The number of carbonyl (C=O) groups excluding carboxylic acids is 1. The Morgan fingerprint density at radius 3 is 2.44 bits per heavy atom. The van der Waals surface area contributed by atoms with E-state index >= 15 is 0 Å². The van der Waals surface area contributed by atoms with Crippen molar-refractivity contribution >= 4 is 6.09 Å². The van der Waals surface area contributed by atoms with Crippen LogP contribution in [-0.2, 0) is 0 Å². The normalized spacial score (nSPS) is 16.3. The Kier molecular flexibility index (Phi) is 3.76. The third-order valence-electron chi connectivity index (χ3n) is 2.97. The zero-order chi connectivity index (χ0) is 13.0. The first-order chi connectivity index (χ1) is 8.66. The first-order valence-electron chi connectivity index (χ1n) is 5.82. The summed E-state index contributed by atoms with van der Waals surface area (Å²) >= 11 is 0. The summed E-state index contributed by atoms with van der Waals surface area (Å²) in [6.07, 6.45) is 0.330. The van der Waals surface area contributed by atoms with Crippen molar-refractivity contribution in [3.8, 4) is 5.75 Å². The quantitative estimate of drug-likeness (QED) is 0.593. The van der Waals surface area contributed by atoms with Gasteiger partial charge in [-0.2, -0.15) is 0 Å². The van der Waals surface area contributed by atoms with Gasteiger partial charge in [-0.25, -0.2) is 4.79 Å². The minimum Gasteiger partial charge on any atom is -0.410 e. The van der Waals surface area contributed by atoms with E-state index in [4.69, 9.17) is 4.74 Å². The van der Waals surface area contributed by atoms with Gasteiger partial charge < -0.3 is 9.64 Å². The summed E-state index contributed by atoms with van der Waals surface area (Å²) < 4.78 is 5.17. The maximum absolute atomic E-state index is 11.8. The van der Waals surface area contributed by atoms with Crippen LogP contribution >= 0.6 is 0 Å². The highest BCUT2D eigenvalue weighted by Gasteiger charge is 2.30. The summed E-state index contributed by atoms with van der Waals surface area (Å²) in [4.78, 5) is 23.6. The molecule has 0 unspecified atom stereocenters. The van der Waals surface area contributed by atoms with Crippen molar-refractivity contribution in [2.45, 2.75) is 18.9 Å². The van der Waals surface area contributed by atoms with Gasteiger partial charge in [-0.05, 0) is 12.1 Å². The Bertz CT molecular complexity index is 427. The number of nitrogens with zero attached hydrogens (tertiary/aromatic N) is 2. The van der Waals surface area contributed by atoms with Crippen LogP contribution in [0, 0.1) is 10.1 Å². The number of nitro groups is 1. The average Bonchev–Trinajstić information content (AvgIpc) is 2.40. The number of para-hydroxylation sites is 1. The van der Waals surface area contributed by atoms with E-state index in [1.165, 1.54) is 4.90 Å². The Morgan fingerprint density at radius 2 is 1.89 bits per heavy atom. The van der Waals surface area contributed by atoms with Gasteiger partial charge in [0, 0.05) is 30.9 Å². The lowest BCUT2D eigenvalue weighted by Gasteiger charge is -2.27. The molecule has 1 saturated heterocycles. The molecule has 6 nitrogen and oxygen atoms in total. The maximum atomic E-state index is 11.8. The lowest BCUT2D eigenvalue weighted by Crippen LogP contribution is -2.43. The number of carbonyl (C=O) groups is 1. The topological polar surface area (TPSA) is 72.7 Å². The molecule has 1 aromatic rings. The molecule has 0 aromatic heterocycles. The molecule has 0 aliphatic carbocycles. The molecule has 6 heteroatoms. The van der Waals surface area contributed by atoms with Gasteiger partial charge in [-0.15, -0.1) is 0 Å². The zero-order valence-corrected chi connectivity index (χ0v) is 9.82. The van der Waals surface area contributed by atoms with Gasteiger partial charge >= 0.3 is 6.09 Å². The van der Waals surface area contributed by atoms with Crippen LogP contribution in [0.2, 0.25) is 0 Å². The average molecular weight is 250 g/mol. The molecular weight excluding hydrogens is 236 g/mol. The van der Waals surface area contributed by atoms with Crippen molar-refractivity contribution < 1.29 is 14.5 Å². The number of hydrogen-bond donors (Lipinski definition) is 0. The van der Waals surface area contributed by atoms with Crippen molar-refractivity contribution in [3.63, 3.8) is 0 Å². The molecule has 0 radical (unpaired) electrons. The van der Waals surface area contributed by atoms with Crippen molar-refractivity contribution in [1.82, 2.24) is 4.90 Å². The second-order valence-electron chi connectivity index (χ2n) is 4.18. The van der Waals surface area contributed by atoms with E-state index in [0.29, 0.717) is 31.7 Å². The number of ether oxygens (including phenoxy) is 1. The van der Waals surface area contributed by atoms with E-state index in [1.807, 2.05) is 6.07 Å². The first kappa shape index (κ1) is 12.3. The molecule has 1 aliphatic rings. The fourth-order valence-electron chi connectivity index (χ4n) is 1.91. The number of rotatable bonds is 2. The molecule has 1 amide bonds. The van der Waals surface area contributed by atoms with E-state index in [-0.39, 0.29) is 4.92 Å². The lowest BCUT2D eigenvalue weighted by molar-refractivity contribution is -0.526. The van der Waals surface area contributed by atoms with Gasteiger partial charge in [0.1, 0.15) is 5.75 Å². The van der Waals surface area contributed by atoms with Crippen LogP contribution in [0.5, 0.6) is 5.75 Å². The highest BCUT2D eigenvalue weighted by Crippen LogP contribution is 2.16. The second kappa shape index (κ2) is 5.48. The third kappa shape index (κ3) is 2.97. The highest BCUT2D eigenvalue weighted by molar-refractivity contribution is 5.70. The van der Waals surface area contributed by atoms with Crippen LogP contribution in [0.15, 0.2) is 30.3 Å². The van der Waals surface area contributed by atoms with Crippen LogP contribution in [-0.4, -0.2) is 35.0 Å². The van der Waals surface area contributed by atoms with E-state index in [1.54, 1.807) is 24.3 Å². The standard InChI is InChI=1S/C12H14N2O4/c15-12(18-11-4-2-1-3-5-11)13-8-6-10(7-9-13)14(16)17/h1-5,10H,6-9H2. The summed E-state index contributed by atoms with van der Waals surface area (Å²) in [5.41, 5.74) is 0. The van der Waals surface area contributed by atoms with Crippen LogP contribution in [0.4, 0.5) is 4.79 Å². The Balaban J connectivity index is 1.86. The number of hydrogen-bond acceptors (Lipinski definition) is 4. The van der Waals surface area contributed by atoms with Crippen LogP contribution in [0.3, 0.4) is 0 Å². The Morgan fingerprint density at radius 1 is 1.28 bits per heavy atom. The molecule has 0 saturated carbocycles. The van der Waals surface area contributed by atoms with Gasteiger partial charge in [0.05, 0.1) is 0 Å². The minimum atomic E-state index is -0.536. The third-order valence-corrected chi connectivity index (χ3v) is 2.97. The molecule has 1 heterocycles. The molecule has 0 bridgehead atoms. The summed E-state index contributed by atoms with van der Waals surface area (Å²) in [5, 5.41) is 10.6. The maximum Gasteiger partial charge on any atom is 0.415 e. The summed E-state index contributed by atoms with van der Waals surface area (Å²) in [7, 11) is 0. The molecule has 1 aromatic carbocycles. The highest BCUT2D eigenvalue weighted by atomic mass is 16.6. The predicted octanol–water partition coefficient (Wildman–Crippen LogP) is 1.93. The monoisotopic (exact) mass is 250 g/mol. The Hall–Kier alpha value is -2.11. The van der Waals surface area contributed by atoms with Gasteiger partial charge in [0.25, 0.3) is 0 Å². The molecule has 0 N–H and O–H groups in total. The van der Waals surface area contributed by atoms with Crippen molar-refractivity contribution in [1.29, 1.82) is 0 Å². The summed E-state index contributed by atoms with van der Waals surface area (Å²) in [6.45, 7) is 0.745. The molecule has 0 spiro atoms. The molecule has 1 aliphatic heterocycles. The molecule has 2 rings (SSSR count). The molecule has 18 heavy (non-hydrogen) atoms. The van der Waals surface area contributed by atoms with Gasteiger partial charge in [-0.3, -0.25) is 10.1 Å². The number of piperidine rings is 1. The van der Waals surface area contributed by atoms with Gasteiger partial charge in [0.15, 0.2) is 0 Å². The minimum absolute atomic E-state index is 0.278. The molecule has 96 valence electrons. The van der Waals surface area contributed by atoms with Gasteiger partial charge in [0.2, 0.25) is 6.04 Å². The second-order valence-corrected chi connectivity index (χ2v) is 4.18. The fraction of sp³-hybridized carbons (Fsp3) is 0.417. The summed E-state index contributed by atoms with van der Waals surface area (Å²) in [6, 6.07) is 8.25. The molecular formula is C12H14N2O4. The SMILES string of the molecule is O=C(Oc1ccccc1)N1CCC([N+](=O)[O-])CC1. The van der Waals surface area contributed by atoms with E-state index in [9.17, 15) is 14.9 Å². The molecule has 1 fully saturated rings. The smallest absolute Gasteiger partial charge is 0.410 e.